The summed E-state index contributed by atoms with van der Waals surface area (Å²) in [5.74, 6) is -0.267. The molecule has 0 radical (unpaired) electrons. The number of phenols is 1. The average Bonchev–Trinajstić information content (AvgIpc) is 2.33. The second kappa shape index (κ2) is 6.98. The number of methoxy groups -OCH3 is 1. The number of rotatable bonds is 6. The molecule has 0 fully saturated rings. The highest BCUT2D eigenvalue weighted by Gasteiger charge is 2.12. The minimum atomic E-state index is -0.291. The third-order valence-electron chi connectivity index (χ3n) is 2.66. The maximum absolute atomic E-state index is 11.8. The van der Waals surface area contributed by atoms with Crippen LogP contribution in [0.5, 0.6) is 5.75 Å². The normalized spacial score (nSPS) is 12.2. The lowest BCUT2D eigenvalue weighted by molar-refractivity contribution is 0.0947. The lowest BCUT2D eigenvalue weighted by atomic mass is 10.1. The second-order valence-corrected chi connectivity index (χ2v) is 4.23. The van der Waals surface area contributed by atoms with Gasteiger partial charge in [-0.05, 0) is 25.0 Å². The molecule has 0 saturated heterocycles. The van der Waals surface area contributed by atoms with E-state index in [4.69, 9.17) is 10.5 Å². The molecule has 1 aromatic carbocycles. The molecular formula is C13H20N2O3. The van der Waals surface area contributed by atoms with Crippen molar-refractivity contribution in [3.05, 3.63) is 29.3 Å². The summed E-state index contributed by atoms with van der Waals surface area (Å²) >= 11 is 0. The van der Waals surface area contributed by atoms with Gasteiger partial charge in [-0.3, -0.25) is 4.79 Å². The van der Waals surface area contributed by atoms with Gasteiger partial charge in [0.15, 0.2) is 0 Å². The van der Waals surface area contributed by atoms with Crippen molar-refractivity contribution in [3.63, 3.8) is 0 Å². The minimum Gasteiger partial charge on any atom is -0.507 e. The quantitative estimate of drug-likeness (QED) is 0.699. The van der Waals surface area contributed by atoms with Gasteiger partial charge >= 0.3 is 0 Å². The van der Waals surface area contributed by atoms with E-state index < -0.39 is 0 Å². The van der Waals surface area contributed by atoms with Crippen molar-refractivity contribution in [3.8, 4) is 5.75 Å². The Balaban J connectivity index is 2.48. The Morgan fingerprint density at radius 3 is 2.94 bits per heavy atom. The van der Waals surface area contributed by atoms with Crippen LogP contribution < -0.4 is 11.1 Å². The molecule has 0 spiro atoms. The number of hydrogen-bond acceptors (Lipinski definition) is 4. The molecule has 100 valence electrons. The van der Waals surface area contributed by atoms with Gasteiger partial charge in [-0.2, -0.15) is 0 Å². The first-order valence-electron chi connectivity index (χ1n) is 5.87. The fraction of sp³-hybridized carbons (Fsp3) is 0.462. The maximum atomic E-state index is 11.8. The fourth-order valence-electron chi connectivity index (χ4n) is 1.61. The smallest absolute Gasteiger partial charge is 0.255 e. The first-order chi connectivity index (χ1) is 8.56. The molecule has 0 heterocycles. The Morgan fingerprint density at radius 1 is 1.56 bits per heavy atom. The zero-order valence-corrected chi connectivity index (χ0v) is 10.8. The van der Waals surface area contributed by atoms with E-state index in [9.17, 15) is 9.90 Å². The van der Waals surface area contributed by atoms with Crippen LogP contribution in [0.3, 0.4) is 0 Å². The predicted molar refractivity (Wildman–Crippen MR) is 69.6 cm³/mol. The van der Waals surface area contributed by atoms with Gasteiger partial charge in [0.05, 0.1) is 12.2 Å². The SMILES string of the molecule is COCC(N)CCNC(=O)c1cccc(C)c1O. The lowest BCUT2D eigenvalue weighted by Gasteiger charge is -2.12. The monoisotopic (exact) mass is 252 g/mol. The summed E-state index contributed by atoms with van der Waals surface area (Å²) in [6, 6.07) is 4.98. The van der Waals surface area contributed by atoms with Gasteiger partial charge in [0.1, 0.15) is 5.75 Å². The molecule has 0 saturated carbocycles. The first-order valence-corrected chi connectivity index (χ1v) is 5.87. The summed E-state index contributed by atoms with van der Waals surface area (Å²) in [5.41, 5.74) is 6.70. The third kappa shape index (κ3) is 4.01. The molecule has 1 aromatic rings. The first kappa shape index (κ1) is 14.5. The maximum Gasteiger partial charge on any atom is 0.255 e. The molecule has 5 heteroatoms. The summed E-state index contributed by atoms with van der Waals surface area (Å²) < 4.78 is 4.90. The van der Waals surface area contributed by atoms with Crippen LogP contribution in [0.25, 0.3) is 0 Å². The molecule has 0 aliphatic carbocycles. The Bertz CT molecular complexity index is 407. The number of hydrogen-bond donors (Lipinski definition) is 3. The largest absolute Gasteiger partial charge is 0.507 e. The molecule has 1 amide bonds. The van der Waals surface area contributed by atoms with Gasteiger partial charge in [-0.1, -0.05) is 12.1 Å². The number of amides is 1. The standard InChI is InChI=1S/C13H20N2O3/c1-9-4-3-5-11(12(9)16)13(17)15-7-6-10(14)8-18-2/h3-5,10,16H,6-8,14H2,1-2H3,(H,15,17). The van der Waals surface area contributed by atoms with Crippen molar-refractivity contribution in [1.82, 2.24) is 5.32 Å². The van der Waals surface area contributed by atoms with Crippen molar-refractivity contribution in [1.29, 1.82) is 0 Å². The van der Waals surface area contributed by atoms with Crippen LogP contribution in [0.1, 0.15) is 22.3 Å². The number of phenolic OH excluding ortho intramolecular Hbond substituents is 1. The van der Waals surface area contributed by atoms with E-state index in [1.807, 2.05) is 0 Å². The van der Waals surface area contributed by atoms with Crippen LogP contribution in [0, 0.1) is 6.92 Å². The van der Waals surface area contributed by atoms with Gasteiger partial charge in [0, 0.05) is 19.7 Å². The molecule has 4 N–H and O–H groups in total. The van der Waals surface area contributed by atoms with Gasteiger partial charge in [-0.15, -0.1) is 0 Å². The summed E-state index contributed by atoms with van der Waals surface area (Å²) in [7, 11) is 1.59. The number of benzene rings is 1. The van der Waals surface area contributed by atoms with Crippen LogP contribution >= 0.6 is 0 Å². The van der Waals surface area contributed by atoms with E-state index in [1.54, 1.807) is 32.2 Å². The van der Waals surface area contributed by atoms with E-state index in [0.29, 0.717) is 25.1 Å². The highest BCUT2D eigenvalue weighted by molar-refractivity contribution is 5.97. The zero-order chi connectivity index (χ0) is 13.5. The number of nitrogens with one attached hydrogen (secondary N) is 1. The van der Waals surface area contributed by atoms with E-state index >= 15 is 0 Å². The van der Waals surface area contributed by atoms with Gasteiger partial charge in [0.25, 0.3) is 5.91 Å². The summed E-state index contributed by atoms with van der Waals surface area (Å²) in [6.07, 6.45) is 0.631. The summed E-state index contributed by atoms with van der Waals surface area (Å²) in [4.78, 5) is 11.8. The summed E-state index contributed by atoms with van der Waals surface area (Å²) in [6.45, 7) is 2.67. The van der Waals surface area contributed by atoms with Crippen molar-refractivity contribution in [2.24, 2.45) is 5.73 Å². The number of aryl methyl sites for hydroxylation is 1. The fourth-order valence-corrected chi connectivity index (χ4v) is 1.61. The van der Waals surface area contributed by atoms with Crippen molar-refractivity contribution in [2.75, 3.05) is 20.3 Å². The Labute approximate surface area is 107 Å². The van der Waals surface area contributed by atoms with Crippen molar-refractivity contribution in [2.45, 2.75) is 19.4 Å². The van der Waals surface area contributed by atoms with Crippen molar-refractivity contribution >= 4 is 5.91 Å². The number of ether oxygens (including phenoxy) is 1. The van der Waals surface area contributed by atoms with E-state index in [-0.39, 0.29) is 23.3 Å². The highest BCUT2D eigenvalue weighted by Crippen LogP contribution is 2.20. The van der Waals surface area contributed by atoms with Crippen molar-refractivity contribution < 1.29 is 14.6 Å². The third-order valence-corrected chi connectivity index (χ3v) is 2.66. The predicted octanol–water partition coefficient (Wildman–Crippen LogP) is 0.794. The van der Waals surface area contributed by atoms with Crippen LogP contribution in [-0.4, -0.2) is 37.3 Å². The molecule has 0 aromatic heterocycles. The molecule has 1 unspecified atom stereocenters. The van der Waals surface area contributed by atoms with E-state index in [0.717, 1.165) is 0 Å². The molecule has 1 rings (SSSR count). The number of para-hydroxylation sites is 1. The molecule has 0 bridgehead atoms. The molecule has 18 heavy (non-hydrogen) atoms. The molecule has 5 nitrogen and oxygen atoms in total. The van der Waals surface area contributed by atoms with Gasteiger partial charge in [-0.25, -0.2) is 0 Å². The molecule has 0 aliphatic rings. The molecule has 1 atom stereocenters. The van der Waals surface area contributed by atoms with Crippen LogP contribution in [0.2, 0.25) is 0 Å². The Hall–Kier alpha value is -1.59. The topological polar surface area (TPSA) is 84.6 Å². The highest BCUT2D eigenvalue weighted by atomic mass is 16.5. The van der Waals surface area contributed by atoms with Crippen LogP contribution in [-0.2, 0) is 4.74 Å². The molecular weight excluding hydrogens is 232 g/mol. The number of nitrogens with two attached hydrogens (primary N) is 1. The van der Waals surface area contributed by atoms with E-state index in [1.165, 1.54) is 0 Å². The second-order valence-electron chi connectivity index (χ2n) is 4.23. The Morgan fingerprint density at radius 2 is 2.28 bits per heavy atom. The summed E-state index contributed by atoms with van der Waals surface area (Å²) in [5, 5.41) is 12.5. The molecule has 0 aliphatic heterocycles. The number of carbonyl (C=O) groups excluding carboxylic acids is 1. The van der Waals surface area contributed by atoms with Gasteiger partial charge < -0.3 is 20.9 Å². The van der Waals surface area contributed by atoms with Gasteiger partial charge in [0.2, 0.25) is 0 Å². The Kier molecular flexibility index (Phi) is 5.61. The average molecular weight is 252 g/mol. The number of aromatic hydroxyl groups is 1. The zero-order valence-electron chi connectivity index (χ0n) is 10.8. The lowest BCUT2D eigenvalue weighted by Crippen LogP contribution is -2.32. The van der Waals surface area contributed by atoms with Crippen LogP contribution in [0.4, 0.5) is 0 Å². The van der Waals surface area contributed by atoms with E-state index in [2.05, 4.69) is 5.32 Å². The number of carbonyl (C=O) groups is 1. The minimum absolute atomic E-state index is 0.0242. The van der Waals surface area contributed by atoms with Crippen LogP contribution in [0.15, 0.2) is 18.2 Å².